The van der Waals surface area contributed by atoms with E-state index in [4.69, 9.17) is 16.3 Å². The van der Waals surface area contributed by atoms with E-state index in [-0.39, 0.29) is 0 Å². The van der Waals surface area contributed by atoms with Crippen LogP contribution in [0.1, 0.15) is 11.4 Å². The second kappa shape index (κ2) is 5.39. The summed E-state index contributed by atoms with van der Waals surface area (Å²) in [7, 11) is 0. The van der Waals surface area contributed by atoms with Crippen LogP contribution < -0.4 is 4.74 Å². The Morgan fingerprint density at radius 1 is 1.20 bits per heavy atom. The second-order valence-corrected chi connectivity index (χ2v) is 4.81. The lowest BCUT2D eigenvalue weighted by atomic mass is 10.2. The third-order valence-electron chi connectivity index (χ3n) is 3.00. The van der Waals surface area contributed by atoms with Gasteiger partial charge in [-0.2, -0.15) is 0 Å². The van der Waals surface area contributed by atoms with Gasteiger partial charge in [-0.25, -0.2) is 4.98 Å². The number of aromatic nitrogens is 2. The van der Waals surface area contributed by atoms with Gasteiger partial charge < -0.3 is 9.72 Å². The van der Waals surface area contributed by atoms with E-state index >= 15 is 0 Å². The minimum atomic E-state index is 0.382. The zero-order chi connectivity index (χ0) is 13.9. The van der Waals surface area contributed by atoms with E-state index in [1.54, 1.807) is 18.2 Å². The van der Waals surface area contributed by atoms with Gasteiger partial charge in [-0.1, -0.05) is 36.4 Å². The summed E-state index contributed by atoms with van der Waals surface area (Å²) in [5.74, 6) is 1.54. The average molecular weight is 285 g/mol. The lowest BCUT2D eigenvalue weighted by molar-refractivity contribution is 0.297. The largest absolute Gasteiger partial charge is 0.486 e. The van der Waals surface area contributed by atoms with Gasteiger partial charge in [-0.15, -0.1) is 0 Å². The van der Waals surface area contributed by atoms with Gasteiger partial charge >= 0.3 is 0 Å². The van der Waals surface area contributed by atoms with Gasteiger partial charge in [0.25, 0.3) is 0 Å². The number of benzene rings is 2. The van der Waals surface area contributed by atoms with E-state index in [2.05, 4.69) is 16.5 Å². The van der Waals surface area contributed by atoms with E-state index in [1.807, 2.05) is 30.3 Å². The Labute approximate surface area is 121 Å². The smallest absolute Gasteiger partial charge is 0.146 e. The molecular weight excluding hydrogens is 272 g/mol. The molecule has 100 valence electrons. The number of H-pyrrole nitrogens is 1. The molecule has 0 fully saturated rings. The maximum atomic E-state index is 5.83. The summed E-state index contributed by atoms with van der Waals surface area (Å²) in [6, 6.07) is 13.2. The highest BCUT2D eigenvalue weighted by Gasteiger charge is 2.06. The van der Waals surface area contributed by atoms with E-state index in [1.165, 1.54) is 0 Å². The number of hydrogen-bond acceptors (Lipinski definition) is 2. The summed E-state index contributed by atoms with van der Waals surface area (Å²) in [5, 5.41) is 0.691. The fourth-order valence-electron chi connectivity index (χ4n) is 2.02. The van der Waals surface area contributed by atoms with Crippen molar-refractivity contribution >= 4 is 28.7 Å². The van der Waals surface area contributed by atoms with Crippen molar-refractivity contribution in [3.63, 3.8) is 0 Å². The Morgan fingerprint density at radius 3 is 2.75 bits per heavy atom. The van der Waals surface area contributed by atoms with Crippen LogP contribution >= 0.6 is 11.6 Å². The maximum absolute atomic E-state index is 5.83. The van der Waals surface area contributed by atoms with Crippen molar-refractivity contribution in [1.29, 1.82) is 0 Å². The number of nitrogens with zero attached hydrogens (tertiary/aromatic N) is 1. The highest BCUT2D eigenvalue weighted by molar-refractivity contribution is 6.30. The maximum Gasteiger partial charge on any atom is 0.146 e. The van der Waals surface area contributed by atoms with Crippen molar-refractivity contribution in [2.45, 2.75) is 6.61 Å². The van der Waals surface area contributed by atoms with Crippen LogP contribution in [0.25, 0.3) is 17.1 Å². The molecule has 0 aliphatic heterocycles. The minimum absolute atomic E-state index is 0.382. The molecule has 0 aliphatic carbocycles. The topological polar surface area (TPSA) is 37.9 Å². The zero-order valence-corrected chi connectivity index (χ0v) is 11.5. The van der Waals surface area contributed by atoms with Gasteiger partial charge in [-0.3, -0.25) is 0 Å². The molecule has 0 spiro atoms. The minimum Gasteiger partial charge on any atom is -0.486 e. The normalized spacial score (nSPS) is 10.7. The molecule has 0 saturated carbocycles. The highest BCUT2D eigenvalue weighted by Crippen LogP contribution is 2.19. The van der Waals surface area contributed by atoms with Crippen molar-refractivity contribution in [3.8, 4) is 5.75 Å². The van der Waals surface area contributed by atoms with Gasteiger partial charge in [0.15, 0.2) is 0 Å². The Morgan fingerprint density at radius 2 is 2.00 bits per heavy atom. The number of imidazole rings is 1. The molecule has 2 aromatic carbocycles. The fraction of sp³-hybridized carbons (Fsp3) is 0.0625. The monoisotopic (exact) mass is 284 g/mol. The molecule has 0 amide bonds. The molecule has 3 nitrogen and oxygen atoms in total. The number of fused-ring (bicyclic) bond motifs is 1. The molecule has 1 N–H and O–H groups in total. The van der Waals surface area contributed by atoms with E-state index in [0.717, 1.165) is 28.2 Å². The summed E-state index contributed by atoms with van der Waals surface area (Å²) < 4.78 is 5.67. The number of rotatable bonds is 4. The van der Waals surface area contributed by atoms with Crippen molar-refractivity contribution < 1.29 is 4.74 Å². The third-order valence-corrected chi connectivity index (χ3v) is 3.25. The van der Waals surface area contributed by atoms with Crippen LogP contribution in [0.4, 0.5) is 0 Å². The number of halogens is 1. The first-order valence-electron chi connectivity index (χ1n) is 6.24. The first kappa shape index (κ1) is 12.8. The quantitative estimate of drug-likeness (QED) is 0.769. The van der Waals surface area contributed by atoms with E-state index < -0.39 is 0 Å². The highest BCUT2D eigenvalue weighted by atomic mass is 35.5. The number of nitrogens with one attached hydrogen (secondary N) is 1. The molecule has 0 aliphatic rings. The van der Waals surface area contributed by atoms with Crippen molar-refractivity contribution in [1.82, 2.24) is 9.97 Å². The molecule has 1 heterocycles. The molecule has 0 radical (unpaired) electrons. The molecule has 3 rings (SSSR count). The van der Waals surface area contributed by atoms with E-state index in [9.17, 15) is 0 Å². The Kier molecular flexibility index (Phi) is 3.44. The molecule has 1 aromatic heterocycles. The summed E-state index contributed by atoms with van der Waals surface area (Å²) in [6.07, 6.45) is 1.80. The van der Waals surface area contributed by atoms with Crippen molar-refractivity contribution in [2.24, 2.45) is 0 Å². The molecule has 4 heteroatoms. The van der Waals surface area contributed by atoms with Crippen LogP contribution in [0.5, 0.6) is 5.75 Å². The molecule has 0 saturated heterocycles. The van der Waals surface area contributed by atoms with Crippen LogP contribution in [-0.4, -0.2) is 9.97 Å². The molecule has 0 unspecified atom stereocenters. The number of hydrogen-bond donors (Lipinski definition) is 1. The lowest BCUT2D eigenvalue weighted by Gasteiger charge is -2.03. The Bertz CT molecular complexity index is 747. The summed E-state index contributed by atoms with van der Waals surface area (Å²) in [6.45, 7) is 4.18. The third kappa shape index (κ3) is 2.53. The molecule has 0 atom stereocenters. The summed E-state index contributed by atoms with van der Waals surface area (Å²) in [5.41, 5.74) is 2.91. The van der Waals surface area contributed by atoms with Crippen LogP contribution in [0, 0.1) is 0 Å². The van der Waals surface area contributed by atoms with Crippen LogP contribution in [0.3, 0.4) is 0 Å². The van der Waals surface area contributed by atoms with Gasteiger partial charge in [0, 0.05) is 10.6 Å². The van der Waals surface area contributed by atoms with E-state index in [0.29, 0.717) is 11.6 Å². The first-order chi connectivity index (χ1) is 9.76. The molecular formula is C16H13ClN2O. The number of aromatic amines is 1. The standard InChI is InChI=1S/C16H13ClN2O/c1-2-11-4-3-5-14-16(11)19-15(18-14)10-20-13-8-6-12(17)7-9-13/h2-9H,1,10H2,(H,18,19). The summed E-state index contributed by atoms with van der Waals surface area (Å²) in [4.78, 5) is 7.78. The van der Waals surface area contributed by atoms with Gasteiger partial charge in [0.05, 0.1) is 11.0 Å². The number of ether oxygens (including phenoxy) is 1. The zero-order valence-electron chi connectivity index (χ0n) is 10.8. The lowest BCUT2D eigenvalue weighted by Crippen LogP contribution is -1.97. The van der Waals surface area contributed by atoms with Crippen molar-refractivity contribution in [2.75, 3.05) is 0 Å². The Hall–Kier alpha value is -2.26. The van der Waals surface area contributed by atoms with Crippen LogP contribution in [0.2, 0.25) is 5.02 Å². The fourth-order valence-corrected chi connectivity index (χ4v) is 2.15. The van der Waals surface area contributed by atoms with Crippen molar-refractivity contribution in [3.05, 3.63) is 65.5 Å². The van der Waals surface area contributed by atoms with Crippen LogP contribution in [-0.2, 0) is 6.61 Å². The SMILES string of the molecule is C=Cc1cccc2[nH]c(COc3ccc(Cl)cc3)nc12. The van der Waals surface area contributed by atoms with Gasteiger partial charge in [0.2, 0.25) is 0 Å². The average Bonchev–Trinajstić information content (AvgIpc) is 2.89. The summed E-state index contributed by atoms with van der Waals surface area (Å²) >= 11 is 5.83. The van der Waals surface area contributed by atoms with Gasteiger partial charge in [-0.05, 0) is 30.3 Å². The Balaban J connectivity index is 1.81. The van der Waals surface area contributed by atoms with Crippen LogP contribution in [0.15, 0.2) is 49.0 Å². The first-order valence-corrected chi connectivity index (χ1v) is 6.62. The molecule has 3 aromatic rings. The van der Waals surface area contributed by atoms with Gasteiger partial charge in [0.1, 0.15) is 18.2 Å². The predicted molar refractivity (Wildman–Crippen MR) is 82.0 cm³/mol. The number of para-hydroxylation sites is 1. The molecule has 20 heavy (non-hydrogen) atoms. The predicted octanol–water partition coefficient (Wildman–Crippen LogP) is 4.44. The second-order valence-electron chi connectivity index (χ2n) is 4.37. The molecule has 0 bridgehead atoms.